The minimum absolute atomic E-state index is 0.227. The fourth-order valence-electron chi connectivity index (χ4n) is 1.73. The van der Waals surface area contributed by atoms with Gasteiger partial charge in [-0.2, -0.15) is 5.26 Å². The quantitative estimate of drug-likeness (QED) is 0.883. The number of carbonyl (C=O) groups is 1. The van der Waals surface area contributed by atoms with Gasteiger partial charge in [0.05, 0.1) is 29.2 Å². The van der Waals surface area contributed by atoms with Gasteiger partial charge in [-0.3, -0.25) is 9.78 Å². The predicted octanol–water partition coefficient (Wildman–Crippen LogP) is 1.81. The van der Waals surface area contributed by atoms with Crippen LogP contribution in [-0.4, -0.2) is 17.9 Å². The van der Waals surface area contributed by atoms with E-state index in [0.29, 0.717) is 22.5 Å². The first-order valence-corrected chi connectivity index (χ1v) is 5.61. The molecule has 0 unspecified atom stereocenters. The van der Waals surface area contributed by atoms with Gasteiger partial charge in [-0.05, 0) is 24.3 Å². The molecule has 5 heteroatoms. The summed E-state index contributed by atoms with van der Waals surface area (Å²) in [6.45, 7) is 0. The lowest BCUT2D eigenvalue weighted by Gasteiger charge is -2.18. The smallest absolute Gasteiger partial charge is 0.258 e. The van der Waals surface area contributed by atoms with E-state index in [1.54, 1.807) is 43.6 Å². The number of carbonyl (C=O) groups excluding carboxylic acids is 1. The molecule has 1 aromatic carbocycles. The molecule has 0 aliphatic rings. The molecule has 0 saturated heterocycles. The van der Waals surface area contributed by atoms with Gasteiger partial charge in [0.15, 0.2) is 0 Å². The van der Waals surface area contributed by atoms with Crippen LogP contribution < -0.4 is 10.6 Å². The van der Waals surface area contributed by atoms with Gasteiger partial charge in [0.1, 0.15) is 0 Å². The van der Waals surface area contributed by atoms with Crippen LogP contribution >= 0.6 is 0 Å². The van der Waals surface area contributed by atoms with Gasteiger partial charge in [-0.15, -0.1) is 0 Å². The van der Waals surface area contributed by atoms with Crippen LogP contribution in [0.4, 0.5) is 11.4 Å². The summed E-state index contributed by atoms with van der Waals surface area (Å²) in [6.07, 6.45) is 3.06. The molecular weight excluding hydrogens is 240 g/mol. The number of rotatable bonds is 2. The second kappa shape index (κ2) is 5.19. The third-order valence-corrected chi connectivity index (χ3v) is 2.73. The first-order valence-electron chi connectivity index (χ1n) is 5.61. The molecule has 5 nitrogen and oxygen atoms in total. The molecule has 0 aliphatic heterocycles. The third-order valence-electron chi connectivity index (χ3n) is 2.73. The Hall–Kier alpha value is -2.87. The van der Waals surface area contributed by atoms with Crippen LogP contribution in [0.2, 0.25) is 0 Å². The topological polar surface area (TPSA) is 83.0 Å². The van der Waals surface area contributed by atoms with Crippen LogP contribution in [0.25, 0.3) is 0 Å². The molecule has 0 spiro atoms. The van der Waals surface area contributed by atoms with Crippen molar-refractivity contribution in [2.75, 3.05) is 17.7 Å². The van der Waals surface area contributed by atoms with E-state index in [2.05, 4.69) is 4.98 Å². The van der Waals surface area contributed by atoms with Gasteiger partial charge in [0.25, 0.3) is 5.91 Å². The number of aromatic nitrogens is 1. The van der Waals surface area contributed by atoms with E-state index < -0.39 is 0 Å². The molecule has 1 amide bonds. The number of hydrogen-bond donors (Lipinski definition) is 1. The molecule has 0 bridgehead atoms. The molecule has 0 saturated carbocycles. The Morgan fingerprint density at radius 2 is 2.21 bits per heavy atom. The van der Waals surface area contributed by atoms with Gasteiger partial charge < -0.3 is 10.6 Å². The zero-order chi connectivity index (χ0) is 13.8. The molecule has 94 valence electrons. The van der Waals surface area contributed by atoms with Crippen LogP contribution in [-0.2, 0) is 0 Å². The Labute approximate surface area is 110 Å². The van der Waals surface area contributed by atoms with Gasteiger partial charge >= 0.3 is 0 Å². The lowest BCUT2D eigenvalue weighted by Crippen LogP contribution is -2.27. The van der Waals surface area contributed by atoms with Crippen LogP contribution in [0, 0.1) is 11.3 Å². The first-order chi connectivity index (χ1) is 9.13. The normalized spacial score (nSPS) is 9.68. The van der Waals surface area contributed by atoms with Crippen molar-refractivity contribution in [2.24, 2.45) is 0 Å². The minimum atomic E-state index is -0.227. The van der Waals surface area contributed by atoms with Gasteiger partial charge in [-0.1, -0.05) is 6.07 Å². The summed E-state index contributed by atoms with van der Waals surface area (Å²) in [5.41, 5.74) is 7.68. The summed E-state index contributed by atoms with van der Waals surface area (Å²) in [5.74, 6) is -0.227. The highest BCUT2D eigenvalue weighted by Gasteiger charge is 2.15. The number of nitrogens with two attached hydrogens (primary N) is 1. The Morgan fingerprint density at radius 1 is 1.42 bits per heavy atom. The molecule has 0 radical (unpaired) electrons. The number of nitrogens with zero attached hydrogens (tertiary/aromatic N) is 3. The highest BCUT2D eigenvalue weighted by molar-refractivity contribution is 6.07. The van der Waals surface area contributed by atoms with Crippen LogP contribution in [0.15, 0.2) is 42.7 Å². The fourth-order valence-corrected chi connectivity index (χ4v) is 1.73. The van der Waals surface area contributed by atoms with Crippen molar-refractivity contribution in [3.8, 4) is 6.07 Å². The zero-order valence-corrected chi connectivity index (χ0v) is 10.4. The monoisotopic (exact) mass is 252 g/mol. The molecule has 0 aliphatic carbocycles. The van der Waals surface area contributed by atoms with E-state index in [4.69, 9.17) is 11.0 Å². The zero-order valence-electron chi connectivity index (χ0n) is 10.4. The Morgan fingerprint density at radius 3 is 2.89 bits per heavy atom. The lowest BCUT2D eigenvalue weighted by molar-refractivity contribution is 0.0993. The molecule has 0 atom stereocenters. The van der Waals surface area contributed by atoms with E-state index in [-0.39, 0.29) is 5.91 Å². The summed E-state index contributed by atoms with van der Waals surface area (Å²) < 4.78 is 0. The molecular formula is C14H12N4O. The fraction of sp³-hybridized carbons (Fsp3) is 0.0714. The maximum Gasteiger partial charge on any atom is 0.258 e. The van der Waals surface area contributed by atoms with E-state index in [9.17, 15) is 4.79 Å². The number of benzene rings is 1. The summed E-state index contributed by atoms with van der Waals surface area (Å²) in [6, 6.07) is 10.2. The molecule has 19 heavy (non-hydrogen) atoms. The van der Waals surface area contributed by atoms with E-state index in [1.807, 2.05) is 6.07 Å². The molecule has 0 fully saturated rings. The van der Waals surface area contributed by atoms with Crippen molar-refractivity contribution in [3.05, 3.63) is 53.9 Å². The standard InChI is InChI=1S/C14H12N4O/c1-18(13-5-6-17-9-12(13)16)14(19)11-4-2-3-10(7-11)8-15/h2-7,9H,16H2,1H3. The number of anilines is 2. The predicted molar refractivity (Wildman–Crippen MR) is 72.5 cm³/mol. The van der Waals surface area contributed by atoms with Crippen molar-refractivity contribution in [3.63, 3.8) is 0 Å². The molecule has 2 N–H and O–H groups in total. The Kier molecular flexibility index (Phi) is 3.44. The van der Waals surface area contributed by atoms with Crippen molar-refractivity contribution in [1.82, 2.24) is 4.98 Å². The average molecular weight is 252 g/mol. The number of pyridine rings is 1. The van der Waals surface area contributed by atoms with Crippen molar-refractivity contribution >= 4 is 17.3 Å². The number of nitrogen functional groups attached to an aromatic ring is 1. The second-order valence-corrected chi connectivity index (χ2v) is 3.99. The van der Waals surface area contributed by atoms with E-state index >= 15 is 0 Å². The Bertz CT molecular complexity index is 660. The number of nitriles is 1. The summed E-state index contributed by atoms with van der Waals surface area (Å²) in [4.78, 5) is 17.6. The van der Waals surface area contributed by atoms with Gasteiger partial charge in [0, 0.05) is 18.8 Å². The maximum atomic E-state index is 12.3. The molecule has 1 aromatic heterocycles. The van der Waals surface area contributed by atoms with Gasteiger partial charge in [-0.25, -0.2) is 0 Å². The highest BCUT2D eigenvalue weighted by Crippen LogP contribution is 2.21. The molecule has 1 heterocycles. The van der Waals surface area contributed by atoms with Crippen LogP contribution in [0.1, 0.15) is 15.9 Å². The average Bonchev–Trinajstić information content (AvgIpc) is 2.46. The summed E-state index contributed by atoms with van der Waals surface area (Å²) in [7, 11) is 1.63. The van der Waals surface area contributed by atoms with E-state index in [0.717, 1.165) is 0 Å². The van der Waals surface area contributed by atoms with Crippen molar-refractivity contribution in [1.29, 1.82) is 5.26 Å². The molecule has 2 aromatic rings. The number of amides is 1. The minimum Gasteiger partial charge on any atom is -0.396 e. The van der Waals surface area contributed by atoms with E-state index in [1.165, 1.54) is 11.1 Å². The summed E-state index contributed by atoms with van der Waals surface area (Å²) in [5, 5.41) is 8.84. The third kappa shape index (κ3) is 2.53. The maximum absolute atomic E-state index is 12.3. The highest BCUT2D eigenvalue weighted by atomic mass is 16.2. The number of hydrogen-bond acceptors (Lipinski definition) is 4. The lowest BCUT2D eigenvalue weighted by atomic mass is 10.1. The SMILES string of the molecule is CN(C(=O)c1cccc(C#N)c1)c1ccncc1N. The van der Waals surface area contributed by atoms with Crippen LogP contribution in [0.3, 0.4) is 0 Å². The summed E-state index contributed by atoms with van der Waals surface area (Å²) >= 11 is 0. The first kappa shape index (κ1) is 12.6. The molecule has 2 rings (SSSR count). The van der Waals surface area contributed by atoms with Crippen molar-refractivity contribution in [2.45, 2.75) is 0 Å². The Balaban J connectivity index is 2.34. The largest absolute Gasteiger partial charge is 0.396 e. The van der Waals surface area contributed by atoms with Crippen LogP contribution in [0.5, 0.6) is 0 Å². The van der Waals surface area contributed by atoms with Gasteiger partial charge in [0.2, 0.25) is 0 Å². The van der Waals surface area contributed by atoms with Crippen molar-refractivity contribution < 1.29 is 4.79 Å². The second-order valence-electron chi connectivity index (χ2n) is 3.99.